The van der Waals surface area contributed by atoms with Gasteiger partial charge in [0.15, 0.2) is 0 Å². The summed E-state index contributed by atoms with van der Waals surface area (Å²) in [7, 11) is -3.34. The average molecular weight is 380 g/mol. The Balaban J connectivity index is 1.83. The molecule has 1 aliphatic rings. The van der Waals surface area contributed by atoms with Crippen LogP contribution in [-0.4, -0.2) is 36.8 Å². The van der Waals surface area contributed by atoms with Crippen molar-refractivity contribution in [3.05, 3.63) is 34.3 Å². The SMILES string of the molecule is CC(C)c1nnc(NC(=O)c2ccc3c(c2)CC(C)N3S(C)(=O)=O)s1. The van der Waals surface area contributed by atoms with Crippen LogP contribution in [0, 0.1) is 0 Å². The van der Waals surface area contributed by atoms with Gasteiger partial charge in [-0.15, -0.1) is 10.2 Å². The molecule has 0 saturated heterocycles. The molecule has 0 saturated carbocycles. The second kappa shape index (κ2) is 6.38. The first-order valence-electron chi connectivity index (χ1n) is 7.94. The molecule has 1 aromatic heterocycles. The molecule has 0 radical (unpaired) electrons. The summed E-state index contributed by atoms with van der Waals surface area (Å²) in [5.41, 5.74) is 1.97. The van der Waals surface area contributed by atoms with Crippen molar-refractivity contribution in [2.45, 2.75) is 39.2 Å². The van der Waals surface area contributed by atoms with Crippen LogP contribution in [0.3, 0.4) is 0 Å². The minimum Gasteiger partial charge on any atom is -0.296 e. The van der Waals surface area contributed by atoms with Crippen molar-refractivity contribution in [2.24, 2.45) is 0 Å². The number of benzene rings is 1. The van der Waals surface area contributed by atoms with Gasteiger partial charge in [-0.25, -0.2) is 8.42 Å². The first-order valence-corrected chi connectivity index (χ1v) is 10.6. The third-order valence-electron chi connectivity index (χ3n) is 4.01. The van der Waals surface area contributed by atoms with Crippen LogP contribution in [0.15, 0.2) is 18.2 Å². The second-order valence-corrected chi connectivity index (χ2v) is 9.38. The normalized spacial score (nSPS) is 17.0. The zero-order valence-corrected chi connectivity index (χ0v) is 16.1. The molecule has 2 aromatic rings. The summed E-state index contributed by atoms with van der Waals surface area (Å²) in [6, 6.07) is 4.92. The lowest BCUT2D eigenvalue weighted by atomic mass is 10.1. The number of nitrogens with one attached hydrogen (secondary N) is 1. The molecule has 134 valence electrons. The summed E-state index contributed by atoms with van der Waals surface area (Å²) in [5, 5.41) is 12.1. The topological polar surface area (TPSA) is 92.3 Å². The van der Waals surface area contributed by atoms with Crippen molar-refractivity contribution in [3.63, 3.8) is 0 Å². The largest absolute Gasteiger partial charge is 0.296 e. The van der Waals surface area contributed by atoms with E-state index < -0.39 is 10.0 Å². The predicted molar refractivity (Wildman–Crippen MR) is 98.9 cm³/mol. The number of hydrogen-bond donors (Lipinski definition) is 1. The third kappa shape index (κ3) is 3.52. The Morgan fingerprint density at radius 2 is 2.08 bits per heavy atom. The number of aromatic nitrogens is 2. The van der Waals surface area contributed by atoms with Crippen LogP contribution in [0.4, 0.5) is 10.8 Å². The maximum Gasteiger partial charge on any atom is 0.257 e. The highest BCUT2D eigenvalue weighted by Crippen LogP contribution is 2.35. The molecular weight excluding hydrogens is 360 g/mol. The molecule has 2 heterocycles. The fraction of sp³-hybridized carbons (Fsp3) is 0.438. The third-order valence-corrected chi connectivity index (χ3v) is 6.42. The van der Waals surface area contributed by atoms with Gasteiger partial charge in [-0.3, -0.25) is 14.4 Å². The molecule has 25 heavy (non-hydrogen) atoms. The van der Waals surface area contributed by atoms with Gasteiger partial charge in [0.1, 0.15) is 5.01 Å². The Bertz CT molecular complexity index is 921. The van der Waals surface area contributed by atoms with Crippen molar-refractivity contribution < 1.29 is 13.2 Å². The van der Waals surface area contributed by atoms with E-state index in [1.165, 1.54) is 21.9 Å². The minimum absolute atomic E-state index is 0.153. The summed E-state index contributed by atoms with van der Waals surface area (Å²) >= 11 is 1.35. The van der Waals surface area contributed by atoms with Crippen LogP contribution in [0.5, 0.6) is 0 Å². The van der Waals surface area contributed by atoms with Crippen molar-refractivity contribution in [1.29, 1.82) is 0 Å². The van der Waals surface area contributed by atoms with Crippen LogP contribution >= 0.6 is 11.3 Å². The quantitative estimate of drug-likeness (QED) is 0.880. The van der Waals surface area contributed by atoms with Crippen LogP contribution in [0.1, 0.15) is 47.6 Å². The van der Waals surface area contributed by atoms with E-state index in [1.807, 2.05) is 20.8 Å². The van der Waals surface area contributed by atoms with Gasteiger partial charge < -0.3 is 0 Å². The summed E-state index contributed by atoms with van der Waals surface area (Å²) in [4.78, 5) is 12.4. The predicted octanol–water partition coefficient (Wildman–Crippen LogP) is 2.62. The van der Waals surface area contributed by atoms with Gasteiger partial charge in [0.25, 0.3) is 5.91 Å². The van der Waals surface area contributed by atoms with Gasteiger partial charge in [-0.05, 0) is 37.1 Å². The Morgan fingerprint density at radius 3 is 2.68 bits per heavy atom. The zero-order chi connectivity index (χ0) is 18.4. The lowest BCUT2D eigenvalue weighted by Gasteiger charge is -2.21. The van der Waals surface area contributed by atoms with Gasteiger partial charge in [-0.1, -0.05) is 25.2 Å². The smallest absolute Gasteiger partial charge is 0.257 e. The number of sulfonamides is 1. The summed E-state index contributed by atoms with van der Waals surface area (Å²) < 4.78 is 25.3. The molecule has 1 amide bonds. The number of fused-ring (bicyclic) bond motifs is 1. The fourth-order valence-electron chi connectivity index (χ4n) is 2.94. The van der Waals surface area contributed by atoms with E-state index in [0.29, 0.717) is 22.8 Å². The van der Waals surface area contributed by atoms with Crippen LogP contribution in [0.25, 0.3) is 0 Å². The highest BCUT2D eigenvalue weighted by Gasteiger charge is 2.32. The van der Waals surface area contributed by atoms with Crippen LogP contribution < -0.4 is 9.62 Å². The van der Waals surface area contributed by atoms with E-state index in [-0.39, 0.29) is 17.9 Å². The lowest BCUT2D eigenvalue weighted by molar-refractivity contribution is 0.102. The fourth-order valence-corrected chi connectivity index (χ4v) is 4.94. The van der Waals surface area contributed by atoms with E-state index >= 15 is 0 Å². The summed E-state index contributed by atoms with van der Waals surface area (Å²) in [6.45, 7) is 5.89. The molecule has 0 aliphatic carbocycles. The van der Waals surface area contributed by atoms with Crippen molar-refractivity contribution in [3.8, 4) is 0 Å². The molecule has 7 nitrogen and oxygen atoms in total. The average Bonchev–Trinajstić information content (AvgIpc) is 3.08. The van der Waals surface area contributed by atoms with Crippen molar-refractivity contribution in [1.82, 2.24) is 10.2 Å². The molecule has 9 heteroatoms. The standard InChI is InChI=1S/C16H20N4O3S2/c1-9(2)15-18-19-16(24-15)17-14(21)11-5-6-13-12(8-11)7-10(3)20(13)25(4,22)23/h5-6,8-10H,7H2,1-4H3,(H,17,19,21). The van der Waals surface area contributed by atoms with E-state index in [4.69, 9.17) is 0 Å². The molecule has 0 spiro atoms. The molecule has 3 rings (SSSR count). The highest BCUT2D eigenvalue weighted by atomic mass is 32.2. The lowest BCUT2D eigenvalue weighted by Crippen LogP contribution is -2.34. The Hall–Kier alpha value is -2.00. The molecular formula is C16H20N4O3S2. The molecule has 1 atom stereocenters. The number of hydrogen-bond acceptors (Lipinski definition) is 6. The number of nitrogens with zero attached hydrogens (tertiary/aromatic N) is 3. The Morgan fingerprint density at radius 1 is 1.36 bits per heavy atom. The van der Waals surface area contributed by atoms with Crippen molar-refractivity contribution >= 4 is 38.1 Å². The first kappa shape index (κ1) is 17.8. The van der Waals surface area contributed by atoms with Gasteiger partial charge >= 0.3 is 0 Å². The van der Waals surface area contributed by atoms with E-state index in [9.17, 15) is 13.2 Å². The Kier molecular flexibility index (Phi) is 4.54. The van der Waals surface area contributed by atoms with Crippen molar-refractivity contribution in [2.75, 3.05) is 15.9 Å². The molecule has 0 fully saturated rings. The van der Waals surface area contributed by atoms with Gasteiger partial charge in [0, 0.05) is 17.5 Å². The van der Waals surface area contributed by atoms with Crippen LogP contribution in [0.2, 0.25) is 0 Å². The molecule has 1 aromatic carbocycles. The number of rotatable bonds is 4. The monoisotopic (exact) mass is 380 g/mol. The number of carbonyl (C=O) groups excluding carboxylic acids is 1. The maximum absolute atomic E-state index is 12.4. The highest BCUT2D eigenvalue weighted by molar-refractivity contribution is 7.92. The van der Waals surface area contributed by atoms with Crippen LogP contribution in [-0.2, 0) is 16.4 Å². The molecule has 1 unspecified atom stereocenters. The molecule has 1 N–H and O–H groups in total. The van der Waals surface area contributed by atoms with E-state index in [2.05, 4.69) is 15.5 Å². The summed E-state index contributed by atoms with van der Waals surface area (Å²) in [6.07, 6.45) is 1.78. The minimum atomic E-state index is -3.34. The van der Waals surface area contributed by atoms with E-state index in [1.54, 1.807) is 18.2 Å². The first-order chi connectivity index (χ1) is 11.7. The van der Waals surface area contributed by atoms with Gasteiger partial charge in [0.05, 0.1) is 11.9 Å². The van der Waals surface area contributed by atoms with E-state index in [0.717, 1.165) is 10.6 Å². The summed E-state index contributed by atoms with van der Waals surface area (Å²) in [5.74, 6) is -0.0219. The molecule has 1 aliphatic heterocycles. The second-order valence-electron chi connectivity index (χ2n) is 6.51. The van der Waals surface area contributed by atoms with Gasteiger partial charge in [0.2, 0.25) is 15.2 Å². The maximum atomic E-state index is 12.4. The number of amides is 1. The Labute approximate surface area is 151 Å². The zero-order valence-electron chi connectivity index (χ0n) is 14.5. The number of anilines is 2. The molecule has 0 bridgehead atoms. The number of carbonyl (C=O) groups is 1. The van der Waals surface area contributed by atoms with Gasteiger partial charge in [-0.2, -0.15) is 0 Å².